The summed E-state index contributed by atoms with van der Waals surface area (Å²) in [6, 6.07) is 16.2. The summed E-state index contributed by atoms with van der Waals surface area (Å²) in [6.07, 6.45) is 2.39. The van der Waals surface area contributed by atoms with Crippen LogP contribution in [0.15, 0.2) is 48.5 Å². The fraction of sp³-hybridized carbons (Fsp3) is 0.429. The molecule has 0 saturated carbocycles. The molecule has 2 rings (SSSR count). The van der Waals surface area contributed by atoms with E-state index in [-0.39, 0.29) is 6.10 Å². The predicted octanol–water partition coefficient (Wildman–Crippen LogP) is 5.18. The lowest BCUT2D eigenvalue weighted by Gasteiger charge is -2.14. The van der Waals surface area contributed by atoms with Crippen LogP contribution in [0.1, 0.15) is 33.6 Å². The Balaban J connectivity index is 1.79. The number of hydrogen-bond donors (Lipinski definition) is 2. The summed E-state index contributed by atoms with van der Waals surface area (Å²) >= 11 is 0. The number of para-hydroxylation sites is 2. The lowest BCUT2D eigenvalue weighted by molar-refractivity contribution is 0.242. The summed E-state index contributed by atoms with van der Waals surface area (Å²) in [5.41, 5.74) is 2.10. The Morgan fingerprint density at radius 3 is 2.56 bits per heavy atom. The first-order valence-corrected chi connectivity index (χ1v) is 9.15. The smallest absolute Gasteiger partial charge is 0.142 e. The molecule has 0 amide bonds. The molecule has 0 unspecified atom stereocenters. The van der Waals surface area contributed by atoms with Crippen molar-refractivity contribution < 1.29 is 9.47 Å². The van der Waals surface area contributed by atoms with Crippen molar-refractivity contribution in [3.8, 4) is 11.5 Å². The minimum atomic E-state index is 0.182. The van der Waals surface area contributed by atoms with Crippen molar-refractivity contribution in [2.24, 2.45) is 0 Å². The van der Waals surface area contributed by atoms with Crippen molar-refractivity contribution in [3.05, 3.63) is 48.5 Å². The van der Waals surface area contributed by atoms with E-state index in [2.05, 4.69) is 29.7 Å². The summed E-state index contributed by atoms with van der Waals surface area (Å²) in [5, 5.41) is 6.86. The summed E-state index contributed by atoms with van der Waals surface area (Å²) in [4.78, 5) is 0. The summed E-state index contributed by atoms with van der Waals surface area (Å²) in [7, 11) is 0. The second-order valence-corrected chi connectivity index (χ2v) is 6.25. The van der Waals surface area contributed by atoms with Crippen molar-refractivity contribution >= 4 is 11.4 Å². The van der Waals surface area contributed by atoms with Crippen molar-refractivity contribution in [2.75, 3.05) is 30.3 Å². The van der Waals surface area contributed by atoms with Gasteiger partial charge in [0, 0.05) is 24.8 Å². The molecule has 0 aromatic heterocycles. The molecule has 2 aromatic rings. The first-order chi connectivity index (χ1) is 12.2. The third-order valence-corrected chi connectivity index (χ3v) is 3.62. The molecule has 0 aliphatic rings. The van der Waals surface area contributed by atoms with E-state index in [1.54, 1.807) is 0 Å². The van der Waals surface area contributed by atoms with Crippen LogP contribution in [0.3, 0.4) is 0 Å². The van der Waals surface area contributed by atoms with Crippen molar-refractivity contribution in [1.82, 2.24) is 0 Å². The molecule has 0 spiro atoms. The van der Waals surface area contributed by atoms with Gasteiger partial charge in [-0.2, -0.15) is 0 Å². The Labute approximate surface area is 151 Å². The van der Waals surface area contributed by atoms with Gasteiger partial charge in [0.15, 0.2) is 0 Å². The highest BCUT2D eigenvalue weighted by atomic mass is 16.5. The van der Waals surface area contributed by atoms with Crippen LogP contribution in [0.4, 0.5) is 11.4 Å². The largest absolute Gasteiger partial charge is 0.491 e. The second-order valence-electron chi connectivity index (χ2n) is 6.25. The van der Waals surface area contributed by atoms with Gasteiger partial charge in [0.05, 0.1) is 18.4 Å². The van der Waals surface area contributed by atoms with Gasteiger partial charge in [-0.25, -0.2) is 0 Å². The SMILES string of the molecule is CCCCOc1ccccc1NCCNc1cccc(OC(C)C)c1. The van der Waals surface area contributed by atoms with Gasteiger partial charge in [0.1, 0.15) is 11.5 Å². The molecule has 0 aliphatic carbocycles. The topological polar surface area (TPSA) is 42.5 Å². The monoisotopic (exact) mass is 342 g/mol. The van der Waals surface area contributed by atoms with E-state index in [0.29, 0.717) is 0 Å². The van der Waals surface area contributed by atoms with Gasteiger partial charge in [0.2, 0.25) is 0 Å². The van der Waals surface area contributed by atoms with Gasteiger partial charge in [-0.05, 0) is 44.5 Å². The van der Waals surface area contributed by atoms with Crippen LogP contribution >= 0.6 is 0 Å². The summed E-state index contributed by atoms with van der Waals surface area (Å²) in [6.45, 7) is 8.61. The van der Waals surface area contributed by atoms with Crippen LogP contribution in [0.25, 0.3) is 0 Å². The molecule has 0 fully saturated rings. The maximum absolute atomic E-state index is 5.85. The Morgan fingerprint density at radius 1 is 0.960 bits per heavy atom. The van der Waals surface area contributed by atoms with Crippen LogP contribution in [-0.2, 0) is 0 Å². The minimum Gasteiger partial charge on any atom is -0.491 e. The van der Waals surface area contributed by atoms with Crippen LogP contribution in [0.2, 0.25) is 0 Å². The maximum Gasteiger partial charge on any atom is 0.142 e. The quantitative estimate of drug-likeness (QED) is 0.552. The van der Waals surface area contributed by atoms with E-state index >= 15 is 0 Å². The Morgan fingerprint density at radius 2 is 1.76 bits per heavy atom. The summed E-state index contributed by atoms with van der Waals surface area (Å²) in [5.74, 6) is 1.81. The fourth-order valence-electron chi connectivity index (χ4n) is 2.42. The Bertz CT molecular complexity index is 629. The number of benzene rings is 2. The van der Waals surface area contributed by atoms with Gasteiger partial charge in [-0.1, -0.05) is 31.5 Å². The van der Waals surface area contributed by atoms with Crippen molar-refractivity contribution in [3.63, 3.8) is 0 Å². The van der Waals surface area contributed by atoms with Crippen LogP contribution in [0.5, 0.6) is 11.5 Å². The van der Waals surface area contributed by atoms with Gasteiger partial charge >= 0.3 is 0 Å². The zero-order valence-electron chi connectivity index (χ0n) is 15.5. The molecule has 136 valence electrons. The second kappa shape index (κ2) is 10.5. The average molecular weight is 342 g/mol. The maximum atomic E-state index is 5.85. The van der Waals surface area contributed by atoms with E-state index in [1.165, 1.54) is 0 Å². The number of rotatable bonds is 11. The molecular weight excluding hydrogens is 312 g/mol. The zero-order valence-corrected chi connectivity index (χ0v) is 15.5. The van der Waals surface area contributed by atoms with Gasteiger partial charge < -0.3 is 20.1 Å². The number of ether oxygens (including phenoxy) is 2. The molecule has 2 aromatic carbocycles. The van der Waals surface area contributed by atoms with E-state index < -0.39 is 0 Å². The van der Waals surface area contributed by atoms with Crippen LogP contribution < -0.4 is 20.1 Å². The lowest BCUT2D eigenvalue weighted by Crippen LogP contribution is -2.14. The van der Waals surface area contributed by atoms with E-state index in [9.17, 15) is 0 Å². The number of nitrogens with one attached hydrogen (secondary N) is 2. The highest BCUT2D eigenvalue weighted by Crippen LogP contribution is 2.24. The Kier molecular flexibility index (Phi) is 7.96. The Hall–Kier alpha value is -2.36. The predicted molar refractivity (Wildman–Crippen MR) is 106 cm³/mol. The highest BCUT2D eigenvalue weighted by Gasteiger charge is 2.02. The van der Waals surface area contributed by atoms with Gasteiger partial charge in [-0.15, -0.1) is 0 Å². The van der Waals surface area contributed by atoms with E-state index in [4.69, 9.17) is 9.47 Å². The molecule has 0 bridgehead atoms. The van der Waals surface area contributed by atoms with Crippen LogP contribution in [-0.4, -0.2) is 25.8 Å². The highest BCUT2D eigenvalue weighted by molar-refractivity contribution is 5.56. The van der Waals surface area contributed by atoms with Crippen molar-refractivity contribution in [1.29, 1.82) is 0 Å². The van der Waals surface area contributed by atoms with Crippen molar-refractivity contribution in [2.45, 2.75) is 39.7 Å². The molecule has 0 saturated heterocycles. The fourth-order valence-corrected chi connectivity index (χ4v) is 2.42. The molecule has 0 radical (unpaired) electrons. The standard InChI is InChI=1S/C21H30N2O2/c1-4-5-15-24-21-12-7-6-11-20(21)23-14-13-22-18-9-8-10-19(16-18)25-17(2)3/h6-12,16-17,22-23H,4-5,13-15H2,1-3H3. The number of anilines is 2. The van der Waals surface area contributed by atoms with Crippen LogP contribution in [0, 0.1) is 0 Å². The molecule has 0 aliphatic heterocycles. The van der Waals surface area contributed by atoms with E-state index in [0.717, 1.165) is 55.4 Å². The third kappa shape index (κ3) is 6.96. The first kappa shape index (κ1) is 19.0. The molecule has 0 heterocycles. The molecule has 0 atom stereocenters. The zero-order chi connectivity index (χ0) is 17.9. The molecule has 4 heteroatoms. The molecule has 4 nitrogen and oxygen atoms in total. The first-order valence-electron chi connectivity index (χ1n) is 9.15. The van der Waals surface area contributed by atoms with E-state index in [1.807, 2.05) is 50.2 Å². The third-order valence-electron chi connectivity index (χ3n) is 3.62. The van der Waals surface area contributed by atoms with Gasteiger partial charge in [0.25, 0.3) is 0 Å². The molecule has 2 N–H and O–H groups in total. The number of hydrogen-bond acceptors (Lipinski definition) is 4. The molecule has 25 heavy (non-hydrogen) atoms. The normalized spacial score (nSPS) is 10.6. The molecular formula is C21H30N2O2. The minimum absolute atomic E-state index is 0.182. The number of unbranched alkanes of at least 4 members (excludes halogenated alkanes) is 1. The lowest BCUT2D eigenvalue weighted by atomic mass is 10.2. The average Bonchev–Trinajstić information content (AvgIpc) is 2.60. The van der Waals surface area contributed by atoms with Gasteiger partial charge in [-0.3, -0.25) is 0 Å². The summed E-state index contributed by atoms with van der Waals surface area (Å²) < 4.78 is 11.6.